The Morgan fingerprint density at radius 3 is 2.67 bits per heavy atom. The number of aromatic nitrogens is 5. The molecule has 2 amide bonds. The maximum Gasteiger partial charge on any atom is 0.330 e. The Morgan fingerprint density at radius 1 is 1.37 bits per heavy atom. The lowest BCUT2D eigenvalue weighted by molar-refractivity contribution is -0.0324. The van der Waals surface area contributed by atoms with Crippen molar-refractivity contribution in [1.82, 2.24) is 24.5 Å². The van der Waals surface area contributed by atoms with Gasteiger partial charge in [-0.25, -0.2) is 9.48 Å². The first-order valence-corrected chi connectivity index (χ1v) is 7.87. The number of aromatic amines is 1. The predicted octanol–water partition coefficient (Wildman–Crippen LogP) is -2.84. The van der Waals surface area contributed by atoms with Crippen LogP contribution in [0.3, 0.4) is 0 Å². The molecule has 3 heterocycles. The summed E-state index contributed by atoms with van der Waals surface area (Å²) in [4.78, 5) is 49.0. The summed E-state index contributed by atoms with van der Waals surface area (Å²) >= 11 is 0. The van der Waals surface area contributed by atoms with E-state index < -0.39 is 53.7 Å². The quantitative estimate of drug-likeness (QED) is 0.425. The van der Waals surface area contributed by atoms with Crippen LogP contribution in [-0.4, -0.2) is 54.2 Å². The van der Waals surface area contributed by atoms with Crippen LogP contribution in [0.1, 0.15) is 45.2 Å². The Kier molecular flexibility index (Phi) is 4.63. The third-order valence-electron chi connectivity index (χ3n) is 4.32. The zero-order chi connectivity index (χ0) is 19.9. The van der Waals surface area contributed by atoms with Gasteiger partial charge in [-0.15, -0.1) is 5.10 Å². The van der Waals surface area contributed by atoms with Crippen LogP contribution in [0.2, 0.25) is 0 Å². The molecule has 0 saturated carbocycles. The molecule has 13 heteroatoms. The summed E-state index contributed by atoms with van der Waals surface area (Å²) in [6.45, 7) is 1.05. The molecule has 1 aliphatic rings. The Bertz CT molecular complexity index is 1020. The maximum atomic E-state index is 12.1. The van der Waals surface area contributed by atoms with E-state index in [-0.39, 0.29) is 17.7 Å². The van der Waals surface area contributed by atoms with Gasteiger partial charge in [0.2, 0.25) is 0 Å². The molecule has 6 N–H and O–H groups in total. The summed E-state index contributed by atoms with van der Waals surface area (Å²) in [6.07, 6.45) is -0.335. The molecule has 0 spiro atoms. The number of nitrogens with zero attached hydrogens (tertiary/aromatic N) is 4. The van der Waals surface area contributed by atoms with E-state index in [0.717, 1.165) is 9.25 Å². The highest BCUT2D eigenvalue weighted by atomic mass is 16.5. The number of primary amides is 2. The molecule has 2 aromatic rings. The molecule has 1 aliphatic heterocycles. The highest BCUT2D eigenvalue weighted by Gasteiger charge is 2.41. The van der Waals surface area contributed by atoms with Crippen LogP contribution in [0.4, 0.5) is 0 Å². The second-order valence-electron chi connectivity index (χ2n) is 6.05. The number of carbonyl (C=O) groups is 2. The van der Waals surface area contributed by atoms with Crippen molar-refractivity contribution in [3.63, 3.8) is 0 Å². The summed E-state index contributed by atoms with van der Waals surface area (Å²) in [7, 11) is 0. The number of H-pyrrole nitrogens is 1. The third kappa shape index (κ3) is 3.13. The van der Waals surface area contributed by atoms with Crippen molar-refractivity contribution in [3.05, 3.63) is 44.0 Å². The van der Waals surface area contributed by atoms with Gasteiger partial charge >= 0.3 is 5.69 Å². The lowest BCUT2D eigenvalue weighted by Crippen LogP contribution is -2.33. The summed E-state index contributed by atoms with van der Waals surface area (Å²) in [5, 5.41) is 17.0. The van der Waals surface area contributed by atoms with E-state index in [0.29, 0.717) is 0 Å². The Balaban J connectivity index is 2.03. The summed E-state index contributed by atoms with van der Waals surface area (Å²) in [5.41, 5.74) is 8.84. The van der Waals surface area contributed by atoms with Gasteiger partial charge in [0, 0.05) is 18.2 Å². The molecule has 0 aromatic carbocycles. The molecule has 1 saturated heterocycles. The molecule has 1 fully saturated rings. The van der Waals surface area contributed by atoms with Crippen molar-refractivity contribution in [1.29, 1.82) is 0 Å². The topological polar surface area (TPSA) is 201 Å². The van der Waals surface area contributed by atoms with Gasteiger partial charge in [0.1, 0.15) is 12.3 Å². The Morgan fingerprint density at radius 2 is 2.07 bits per heavy atom. The van der Waals surface area contributed by atoms with Gasteiger partial charge < -0.3 is 21.3 Å². The van der Waals surface area contributed by atoms with Gasteiger partial charge in [-0.1, -0.05) is 5.21 Å². The normalized spacial score (nSPS) is 22.1. The minimum atomic E-state index is -0.987. The van der Waals surface area contributed by atoms with Crippen molar-refractivity contribution < 1.29 is 19.4 Å². The monoisotopic (exact) mass is 379 g/mol. The number of aliphatic hydroxyl groups is 1. The van der Waals surface area contributed by atoms with Crippen molar-refractivity contribution in [2.75, 3.05) is 6.61 Å². The minimum absolute atomic E-state index is 0.0818. The number of hydrogen-bond donors (Lipinski definition) is 4. The van der Waals surface area contributed by atoms with E-state index in [1.54, 1.807) is 0 Å². The van der Waals surface area contributed by atoms with Gasteiger partial charge in [-0.2, -0.15) is 0 Å². The lowest BCUT2D eigenvalue weighted by Gasteiger charge is -2.17. The average Bonchev–Trinajstić information content (AvgIpc) is 3.21. The Labute approximate surface area is 150 Å². The maximum absolute atomic E-state index is 12.1. The molecule has 3 atom stereocenters. The van der Waals surface area contributed by atoms with E-state index in [1.807, 2.05) is 0 Å². The summed E-state index contributed by atoms with van der Waals surface area (Å²) in [6, 6.07) is -0.762. The zero-order valence-electron chi connectivity index (χ0n) is 14.2. The summed E-state index contributed by atoms with van der Waals surface area (Å²) in [5.74, 6) is -1.97. The fraction of sp³-hybridized carbons (Fsp3) is 0.429. The number of hydrogen-bond acceptors (Lipinski definition) is 8. The molecule has 13 nitrogen and oxygen atoms in total. The van der Waals surface area contributed by atoms with Crippen LogP contribution in [0.25, 0.3) is 0 Å². The molecule has 0 aliphatic carbocycles. The molecular formula is C14H17N7O6. The smallest absolute Gasteiger partial charge is 0.330 e. The van der Waals surface area contributed by atoms with Crippen LogP contribution in [0, 0.1) is 6.92 Å². The summed E-state index contributed by atoms with van der Waals surface area (Å²) < 4.78 is 7.90. The molecule has 27 heavy (non-hydrogen) atoms. The highest BCUT2D eigenvalue weighted by Crippen LogP contribution is 2.36. The lowest BCUT2D eigenvalue weighted by atomic mass is 10.1. The van der Waals surface area contributed by atoms with Crippen LogP contribution in [0.15, 0.2) is 15.8 Å². The van der Waals surface area contributed by atoms with Gasteiger partial charge in [-0.05, 0) is 6.92 Å². The van der Waals surface area contributed by atoms with Crippen LogP contribution in [0.5, 0.6) is 0 Å². The Hall–Kier alpha value is -3.32. The van der Waals surface area contributed by atoms with Crippen molar-refractivity contribution in [3.8, 4) is 0 Å². The van der Waals surface area contributed by atoms with Gasteiger partial charge in [0.05, 0.1) is 12.6 Å². The van der Waals surface area contributed by atoms with Crippen LogP contribution in [-0.2, 0) is 4.74 Å². The molecule has 0 radical (unpaired) electrons. The molecule has 0 unspecified atom stereocenters. The van der Waals surface area contributed by atoms with Crippen LogP contribution >= 0.6 is 0 Å². The minimum Gasteiger partial charge on any atom is -0.394 e. The van der Waals surface area contributed by atoms with E-state index in [2.05, 4.69) is 15.3 Å². The number of nitrogens with two attached hydrogens (primary N) is 2. The molecule has 0 bridgehead atoms. The number of nitrogens with one attached hydrogen (secondary N) is 1. The van der Waals surface area contributed by atoms with E-state index in [1.165, 1.54) is 13.1 Å². The third-order valence-corrected chi connectivity index (χ3v) is 4.32. The second-order valence-corrected chi connectivity index (χ2v) is 6.05. The van der Waals surface area contributed by atoms with Gasteiger partial charge in [-0.3, -0.25) is 23.9 Å². The number of aliphatic hydroxyl groups excluding tert-OH is 1. The van der Waals surface area contributed by atoms with Crippen molar-refractivity contribution in [2.24, 2.45) is 11.5 Å². The predicted molar refractivity (Wildman–Crippen MR) is 87.8 cm³/mol. The number of rotatable bonds is 5. The average molecular weight is 379 g/mol. The number of carbonyl (C=O) groups excluding carboxylic acids is 2. The van der Waals surface area contributed by atoms with E-state index >= 15 is 0 Å². The first-order valence-electron chi connectivity index (χ1n) is 7.87. The van der Waals surface area contributed by atoms with Crippen molar-refractivity contribution in [2.45, 2.75) is 31.7 Å². The number of aryl methyl sites for hydroxylation is 1. The van der Waals surface area contributed by atoms with Crippen LogP contribution < -0.4 is 22.7 Å². The standard InChI is InChI=1S/C14H17N7O6/c1-5-3-20(14(26)17-13(5)25)8-2-6(7(4-22)27-8)21-10(12(16)24)9(11(15)23)18-19-21/h3,6-8,22H,2,4H2,1H3,(H2,15,23)(H2,16,24)(H,17,25,26)/t6-,7+,8+/m0/s1. The molecule has 3 rings (SSSR count). The zero-order valence-corrected chi connectivity index (χ0v) is 14.2. The van der Waals surface area contributed by atoms with E-state index in [4.69, 9.17) is 16.2 Å². The fourth-order valence-corrected chi connectivity index (χ4v) is 3.03. The SMILES string of the molecule is Cc1cn([C@H]2C[C@H](n3nnc(C(N)=O)c3C(N)=O)[C@@H](CO)O2)c(=O)[nH]c1=O. The molecule has 2 aromatic heterocycles. The fourth-order valence-electron chi connectivity index (χ4n) is 3.03. The number of amides is 2. The van der Waals surface area contributed by atoms with E-state index in [9.17, 15) is 24.3 Å². The highest BCUT2D eigenvalue weighted by molar-refractivity contribution is 6.03. The van der Waals surface area contributed by atoms with Gasteiger partial charge in [0.15, 0.2) is 11.4 Å². The van der Waals surface area contributed by atoms with Gasteiger partial charge in [0.25, 0.3) is 17.4 Å². The molecule has 144 valence electrons. The molecular weight excluding hydrogens is 362 g/mol. The second kappa shape index (κ2) is 6.77. The number of ether oxygens (including phenoxy) is 1. The first kappa shape index (κ1) is 18.5. The van der Waals surface area contributed by atoms with Crippen molar-refractivity contribution >= 4 is 11.8 Å². The first-order chi connectivity index (χ1) is 12.7. The largest absolute Gasteiger partial charge is 0.394 e.